The van der Waals surface area contributed by atoms with Crippen LogP contribution in [0.5, 0.6) is 0 Å². The molecular formula is C14H25NO2. The minimum absolute atomic E-state index is 0.162. The van der Waals surface area contributed by atoms with E-state index < -0.39 is 0 Å². The summed E-state index contributed by atoms with van der Waals surface area (Å²) in [4.78, 5) is 14.2. The van der Waals surface area contributed by atoms with Gasteiger partial charge < -0.3 is 10.0 Å². The van der Waals surface area contributed by atoms with Crippen molar-refractivity contribution in [1.82, 2.24) is 4.90 Å². The number of β-amino-alcohol motifs (C(OH)–C–C–N with tert-alkyl or cyclic N) is 1. The zero-order valence-electron chi connectivity index (χ0n) is 11.1. The highest BCUT2D eigenvalue weighted by molar-refractivity contribution is 5.77. The summed E-state index contributed by atoms with van der Waals surface area (Å²) in [5, 5.41) is 9.70. The first-order valence-corrected chi connectivity index (χ1v) is 6.97. The van der Waals surface area contributed by atoms with Gasteiger partial charge in [-0.15, -0.1) is 0 Å². The fourth-order valence-electron chi connectivity index (χ4n) is 3.40. The molecule has 1 unspecified atom stereocenters. The fraction of sp³-hybridized carbons (Fsp3) is 0.929. The van der Waals surface area contributed by atoms with Crippen LogP contribution in [0.1, 0.15) is 58.8 Å². The normalized spacial score (nSPS) is 29.6. The molecule has 1 amide bonds. The summed E-state index contributed by atoms with van der Waals surface area (Å²) >= 11 is 0. The molecular weight excluding hydrogens is 214 g/mol. The monoisotopic (exact) mass is 239 g/mol. The van der Waals surface area contributed by atoms with Crippen molar-refractivity contribution in [3.8, 4) is 0 Å². The minimum Gasteiger partial charge on any atom is -0.391 e. The van der Waals surface area contributed by atoms with Gasteiger partial charge in [-0.1, -0.05) is 19.3 Å². The molecule has 1 aliphatic heterocycles. The first-order valence-electron chi connectivity index (χ1n) is 6.97. The summed E-state index contributed by atoms with van der Waals surface area (Å²) in [7, 11) is 0. The number of amides is 1. The van der Waals surface area contributed by atoms with E-state index in [1.54, 1.807) is 0 Å². The number of hydrogen-bond acceptors (Lipinski definition) is 2. The molecule has 0 spiro atoms. The highest BCUT2D eigenvalue weighted by atomic mass is 16.3. The molecule has 17 heavy (non-hydrogen) atoms. The Morgan fingerprint density at radius 3 is 2.47 bits per heavy atom. The van der Waals surface area contributed by atoms with Crippen LogP contribution in [-0.2, 0) is 4.79 Å². The number of carbonyl (C=O) groups is 1. The predicted molar refractivity (Wildman–Crippen MR) is 67.6 cm³/mol. The van der Waals surface area contributed by atoms with Crippen LogP contribution in [0.4, 0.5) is 0 Å². The lowest BCUT2D eigenvalue weighted by molar-refractivity contribution is -0.135. The molecule has 3 nitrogen and oxygen atoms in total. The molecule has 2 fully saturated rings. The summed E-state index contributed by atoms with van der Waals surface area (Å²) in [6, 6.07) is 0. The van der Waals surface area contributed by atoms with Gasteiger partial charge in [0.15, 0.2) is 0 Å². The van der Waals surface area contributed by atoms with Crippen LogP contribution in [0.3, 0.4) is 0 Å². The second kappa shape index (κ2) is 4.97. The van der Waals surface area contributed by atoms with E-state index in [0.717, 1.165) is 0 Å². The average molecular weight is 239 g/mol. The van der Waals surface area contributed by atoms with Crippen LogP contribution in [0.15, 0.2) is 0 Å². The van der Waals surface area contributed by atoms with Crippen LogP contribution in [0.2, 0.25) is 0 Å². The van der Waals surface area contributed by atoms with E-state index in [2.05, 4.69) is 13.8 Å². The van der Waals surface area contributed by atoms with Gasteiger partial charge in [-0.05, 0) is 39.0 Å². The van der Waals surface area contributed by atoms with Gasteiger partial charge in [0.2, 0.25) is 5.91 Å². The summed E-state index contributed by atoms with van der Waals surface area (Å²) in [5.41, 5.74) is -0.162. The zero-order valence-corrected chi connectivity index (χ0v) is 11.1. The molecule has 98 valence electrons. The molecule has 0 aromatic rings. The highest BCUT2D eigenvalue weighted by Crippen LogP contribution is 2.32. The molecule has 0 aromatic heterocycles. The third-order valence-electron chi connectivity index (χ3n) is 4.35. The second-order valence-electron chi connectivity index (χ2n) is 6.38. The van der Waals surface area contributed by atoms with Gasteiger partial charge in [-0.25, -0.2) is 0 Å². The molecule has 1 aliphatic carbocycles. The van der Waals surface area contributed by atoms with E-state index in [4.69, 9.17) is 0 Å². The number of aliphatic hydroxyl groups is 1. The number of likely N-dealkylation sites (tertiary alicyclic amines) is 1. The number of hydrogen-bond donors (Lipinski definition) is 1. The van der Waals surface area contributed by atoms with E-state index in [1.165, 1.54) is 32.1 Å². The van der Waals surface area contributed by atoms with Crippen molar-refractivity contribution in [1.29, 1.82) is 0 Å². The van der Waals surface area contributed by atoms with Gasteiger partial charge in [0.05, 0.1) is 6.10 Å². The van der Waals surface area contributed by atoms with Gasteiger partial charge in [0.1, 0.15) is 0 Å². The molecule has 0 radical (unpaired) electrons. The van der Waals surface area contributed by atoms with Crippen LogP contribution in [0, 0.1) is 5.92 Å². The molecule has 0 bridgehead atoms. The molecule has 2 rings (SSSR count). The van der Waals surface area contributed by atoms with E-state index in [-0.39, 0.29) is 17.6 Å². The van der Waals surface area contributed by atoms with Gasteiger partial charge in [0.25, 0.3) is 0 Å². The molecule has 3 heteroatoms. The Hall–Kier alpha value is -0.570. The fourth-order valence-corrected chi connectivity index (χ4v) is 3.40. The second-order valence-corrected chi connectivity index (χ2v) is 6.38. The first-order chi connectivity index (χ1) is 7.99. The largest absolute Gasteiger partial charge is 0.391 e. The maximum atomic E-state index is 12.3. The van der Waals surface area contributed by atoms with Gasteiger partial charge >= 0.3 is 0 Å². The standard InChI is InChI=1S/C14H25NO2/c1-14(2)9-12(16)10-15(14)13(17)8-11-6-4-3-5-7-11/h11-12,16H,3-10H2,1-2H3. The minimum atomic E-state index is -0.333. The molecule has 1 atom stereocenters. The van der Waals surface area contributed by atoms with Crippen molar-refractivity contribution in [2.24, 2.45) is 5.92 Å². The predicted octanol–water partition coefficient (Wildman–Crippen LogP) is 2.33. The summed E-state index contributed by atoms with van der Waals surface area (Å²) in [6.45, 7) is 4.64. The Kier molecular flexibility index (Phi) is 3.76. The lowest BCUT2D eigenvalue weighted by Crippen LogP contribution is -2.43. The van der Waals surface area contributed by atoms with Gasteiger partial charge in [0, 0.05) is 18.5 Å². The van der Waals surface area contributed by atoms with Crippen LogP contribution < -0.4 is 0 Å². The molecule has 1 saturated carbocycles. The third kappa shape index (κ3) is 3.01. The van der Waals surface area contributed by atoms with Crippen molar-refractivity contribution in [3.05, 3.63) is 0 Å². The smallest absolute Gasteiger partial charge is 0.223 e. The Morgan fingerprint density at radius 2 is 1.94 bits per heavy atom. The Balaban J connectivity index is 1.91. The van der Waals surface area contributed by atoms with Crippen LogP contribution in [0.25, 0.3) is 0 Å². The molecule has 1 heterocycles. The van der Waals surface area contributed by atoms with E-state index >= 15 is 0 Å². The number of nitrogens with zero attached hydrogens (tertiary/aromatic N) is 1. The quantitative estimate of drug-likeness (QED) is 0.803. The summed E-state index contributed by atoms with van der Waals surface area (Å²) in [5.74, 6) is 0.836. The molecule has 2 aliphatic rings. The first kappa shape index (κ1) is 12.9. The maximum Gasteiger partial charge on any atom is 0.223 e. The topological polar surface area (TPSA) is 40.5 Å². The third-order valence-corrected chi connectivity index (χ3v) is 4.35. The van der Waals surface area contributed by atoms with E-state index in [0.29, 0.717) is 25.3 Å². The highest BCUT2D eigenvalue weighted by Gasteiger charge is 2.40. The Labute approximate surface area is 104 Å². The van der Waals surface area contributed by atoms with Crippen molar-refractivity contribution < 1.29 is 9.90 Å². The van der Waals surface area contributed by atoms with Gasteiger partial charge in [-0.3, -0.25) is 4.79 Å². The van der Waals surface area contributed by atoms with Crippen molar-refractivity contribution in [2.45, 2.75) is 70.4 Å². The number of rotatable bonds is 2. The van der Waals surface area contributed by atoms with Crippen LogP contribution >= 0.6 is 0 Å². The number of aliphatic hydroxyl groups excluding tert-OH is 1. The Bertz CT molecular complexity index is 282. The van der Waals surface area contributed by atoms with Crippen molar-refractivity contribution >= 4 is 5.91 Å². The van der Waals surface area contributed by atoms with E-state index in [9.17, 15) is 9.90 Å². The summed E-state index contributed by atoms with van der Waals surface area (Å²) in [6.07, 6.45) is 7.39. The molecule has 1 saturated heterocycles. The van der Waals surface area contributed by atoms with Crippen molar-refractivity contribution in [2.75, 3.05) is 6.54 Å². The lowest BCUT2D eigenvalue weighted by atomic mass is 9.86. The summed E-state index contributed by atoms with van der Waals surface area (Å²) < 4.78 is 0. The zero-order chi connectivity index (χ0) is 12.5. The molecule has 1 N–H and O–H groups in total. The lowest BCUT2D eigenvalue weighted by Gasteiger charge is -2.33. The molecule has 0 aromatic carbocycles. The average Bonchev–Trinajstić information content (AvgIpc) is 2.53. The number of carbonyl (C=O) groups excluding carboxylic acids is 1. The maximum absolute atomic E-state index is 12.3. The Morgan fingerprint density at radius 1 is 1.29 bits per heavy atom. The van der Waals surface area contributed by atoms with Crippen LogP contribution in [-0.4, -0.2) is 34.1 Å². The SMILES string of the molecule is CC1(C)CC(O)CN1C(=O)CC1CCCCC1. The van der Waals surface area contributed by atoms with Crippen molar-refractivity contribution in [3.63, 3.8) is 0 Å². The van der Waals surface area contributed by atoms with Gasteiger partial charge in [-0.2, -0.15) is 0 Å². The van der Waals surface area contributed by atoms with E-state index in [1.807, 2.05) is 4.90 Å².